The maximum absolute atomic E-state index is 3.66. The van der Waals surface area contributed by atoms with Gasteiger partial charge in [0, 0.05) is 25.3 Å². The van der Waals surface area contributed by atoms with E-state index in [9.17, 15) is 0 Å². The quantitative estimate of drug-likeness (QED) is 0.912. The molecule has 0 amide bonds. The average Bonchev–Trinajstić information content (AvgIpc) is 2.53. The molecule has 2 nitrogen and oxygen atoms in total. The normalized spacial score (nSPS) is 17.6. The summed E-state index contributed by atoms with van der Waals surface area (Å²) in [5.41, 5.74) is 4.29. The number of benzene rings is 2. The van der Waals surface area contributed by atoms with Crippen molar-refractivity contribution in [3.05, 3.63) is 65.7 Å². The Hall–Kier alpha value is -1.80. The summed E-state index contributed by atoms with van der Waals surface area (Å²) in [5.74, 6) is 0. The second-order valence-corrected chi connectivity index (χ2v) is 5.50. The SMILES string of the molecule is CN(CCC1NCCc2ccccc21)c1ccccc1. The Morgan fingerprint density at radius 3 is 2.65 bits per heavy atom. The molecule has 2 heteroatoms. The Bertz CT molecular complexity index is 550. The van der Waals surface area contributed by atoms with E-state index in [4.69, 9.17) is 0 Å². The van der Waals surface area contributed by atoms with Crippen molar-refractivity contribution in [2.24, 2.45) is 0 Å². The molecule has 3 rings (SSSR count). The molecule has 2 aromatic carbocycles. The molecule has 1 aliphatic rings. The number of hydrogen-bond donors (Lipinski definition) is 1. The van der Waals surface area contributed by atoms with Crippen LogP contribution in [0.2, 0.25) is 0 Å². The molecule has 0 fully saturated rings. The number of para-hydroxylation sites is 1. The van der Waals surface area contributed by atoms with Gasteiger partial charge in [0.1, 0.15) is 0 Å². The first-order valence-corrected chi connectivity index (χ1v) is 7.42. The molecule has 1 heterocycles. The van der Waals surface area contributed by atoms with Gasteiger partial charge in [-0.05, 0) is 42.6 Å². The van der Waals surface area contributed by atoms with Crippen molar-refractivity contribution >= 4 is 5.69 Å². The second kappa shape index (κ2) is 6.10. The van der Waals surface area contributed by atoms with Gasteiger partial charge in [-0.1, -0.05) is 42.5 Å². The summed E-state index contributed by atoms with van der Waals surface area (Å²) < 4.78 is 0. The summed E-state index contributed by atoms with van der Waals surface area (Å²) in [4.78, 5) is 2.33. The van der Waals surface area contributed by atoms with Crippen molar-refractivity contribution in [3.63, 3.8) is 0 Å². The van der Waals surface area contributed by atoms with Crippen LogP contribution in [0.1, 0.15) is 23.6 Å². The smallest absolute Gasteiger partial charge is 0.0363 e. The van der Waals surface area contributed by atoms with Crippen LogP contribution < -0.4 is 10.2 Å². The molecule has 1 unspecified atom stereocenters. The van der Waals surface area contributed by atoms with Crippen LogP contribution >= 0.6 is 0 Å². The first-order valence-electron chi connectivity index (χ1n) is 7.42. The van der Waals surface area contributed by atoms with Crippen molar-refractivity contribution < 1.29 is 0 Å². The maximum atomic E-state index is 3.66. The topological polar surface area (TPSA) is 15.3 Å². The van der Waals surface area contributed by atoms with Crippen LogP contribution in [-0.4, -0.2) is 20.1 Å². The minimum atomic E-state index is 0.492. The highest BCUT2D eigenvalue weighted by molar-refractivity contribution is 5.45. The first-order chi connectivity index (χ1) is 9.84. The molecule has 0 aromatic heterocycles. The standard InChI is InChI=1S/C18H22N2/c1-20(16-8-3-2-4-9-16)14-12-18-17-10-6-5-7-15(17)11-13-19-18/h2-10,18-19H,11-14H2,1H3. The minimum absolute atomic E-state index is 0.492. The lowest BCUT2D eigenvalue weighted by Crippen LogP contribution is -2.32. The van der Waals surface area contributed by atoms with E-state index in [0.29, 0.717) is 6.04 Å². The maximum Gasteiger partial charge on any atom is 0.0363 e. The van der Waals surface area contributed by atoms with Gasteiger partial charge in [-0.25, -0.2) is 0 Å². The second-order valence-electron chi connectivity index (χ2n) is 5.50. The number of fused-ring (bicyclic) bond motifs is 1. The fourth-order valence-electron chi connectivity index (χ4n) is 2.98. The molecule has 1 N–H and O–H groups in total. The molecule has 2 aromatic rings. The van der Waals surface area contributed by atoms with E-state index < -0.39 is 0 Å². The summed E-state index contributed by atoms with van der Waals surface area (Å²) in [7, 11) is 2.17. The van der Waals surface area contributed by atoms with Gasteiger partial charge < -0.3 is 10.2 Å². The summed E-state index contributed by atoms with van der Waals surface area (Å²) in [6, 6.07) is 19.9. The fraction of sp³-hybridized carbons (Fsp3) is 0.333. The molecule has 0 saturated carbocycles. The third kappa shape index (κ3) is 2.86. The minimum Gasteiger partial charge on any atom is -0.375 e. The molecular weight excluding hydrogens is 244 g/mol. The lowest BCUT2D eigenvalue weighted by atomic mass is 9.92. The number of nitrogens with one attached hydrogen (secondary N) is 1. The molecule has 0 radical (unpaired) electrons. The summed E-state index contributed by atoms with van der Waals surface area (Å²) >= 11 is 0. The summed E-state index contributed by atoms with van der Waals surface area (Å²) in [6.07, 6.45) is 2.30. The zero-order valence-corrected chi connectivity index (χ0v) is 12.0. The van der Waals surface area contributed by atoms with E-state index >= 15 is 0 Å². The average molecular weight is 266 g/mol. The molecule has 0 saturated heterocycles. The lowest BCUT2D eigenvalue weighted by Gasteiger charge is -2.29. The molecule has 1 atom stereocenters. The van der Waals surface area contributed by atoms with Crippen molar-refractivity contribution in [1.82, 2.24) is 5.32 Å². The van der Waals surface area contributed by atoms with E-state index in [1.165, 1.54) is 16.8 Å². The van der Waals surface area contributed by atoms with Gasteiger partial charge in [0.2, 0.25) is 0 Å². The van der Waals surface area contributed by atoms with Crippen LogP contribution in [0.4, 0.5) is 5.69 Å². The Labute approximate surface area is 121 Å². The molecule has 1 aliphatic heterocycles. The van der Waals surface area contributed by atoms with Crippen molar-refractivity contribution in [2.75, 3.05) is 25.0 Å². The molecule has 0 aliphatic carbocycles. The molecule has 0 spiro atoms. The van der Waals surface area contributed by atoms with Crippen LogP contribution in [-0.2, 0) is 6.42 Å². The van der Waals surface area contributed by atoms with Gasteiger partial charge in [-0.15, -0.1) is 0 Å². The van der Waals surface area contributed by atoms with Gasteiger partial charge in [0.25, 0.3) is 0 Å². The van der Waals surface area contributed by atoms with E-state index in [0.717, 1.165) is 25.9 Å². The van der Waals surface area contributed by atoms with E-state index in [1.807, 2.05) is 0 Å². The highest BCUT2D eigenvalue weighted by Crippen LogP contribution is 2.25. The van der Waals surface area contributed by atoms with Gasteiger partial charge >= 0.3 is 0 Å². The number of rotatable bonds is 4. The zero-order valence-electron chi connectivity index (χ0n) is 12.0. The molecular formula is C18H22N2. The third-order valence-corrected chi connectivity index (χ3v) is 4.17. The largest absolute Gasteiger partial charge is 0.375 e. The molecule has 0 bridgehead atoms. The molecule has 20 heavy (non-hydrogen) atoms. The summed E-state index contributed by atoms with van der Waals surface area (Å²) in [5, 5.41) is 3.66. The Kier molecular flexibility index (Phi) is 4.03. The van der Waals surface area contributed by atoms with Crippen molar-refractivity contribution in [2.45, 2.75) is 18.9 Å². The monoisotopic (exact) mass is 266 g/mol. The Morgan fingerprint density at radius 2 is 1.80 bits per heavy atom. The predicted molar refractivity (Wildman–Crippen MR) is 85.2 cm³/mol. The Balaban J connectivity index is 1.65. The van der Waals surface area contributed by atoms with Crippen LogP contribution in [0.25, 0.3) is 0 Å². The summed E-state index contributed by atoms with van der Waals surface area (Å²) in [6.45, 7) is 2.16. The van der Waals surface area contributed by atoms with Crippen LogP contribution in [0.3, 0.4) is 0 Å². The van der Waals surface area contributed by atoms with Crippen LogP contribution in [0, 0.1) is 0 Å². The van der Waals surface area contributed by atoms with E-state index in [2.05, 4.69) is 71.9 Å². The van der Waals surface area contributed by atoms with Gasteiger partial charge in [0.15, 0.2) is 0 Å². The molecule has 104 valence electrons. The number of nitrogens with zero attached hydrogens (tertiary/aromatic N) is 1. The van der Waals surface area contributed by atoms with Gasteiger partial charge in [-0.3, -0.25) is 0 Å². The highest BCUT2D eigenvalue weighted by atomic mass is 15.1. The third-order valence-electron chi connectivity index (χ3n) is 4.17. The number of anilines is 1. The van der Waals surface area contributed by atoms with Gasteiger partial charge in [0.05, 0.1) is 0 Å². The Morgan fingerprint density at radius 1 is 1.05 bits per heavy atom. The first kappa shape index (κ1) is 13.2. The highest BCUT2D eigenvalue weighted by Gasteiger charge is 2.19. The van der Waals surface area contributed by atoms with Gasteiger partial charge in [-0.2, -0.15) is 0 Å². The van der Waals surface area contributed by atoms with E-state index in [-0.39, 0.29) is 0 Å². The van der Waals surface area contributed by atoms with Crippen LogP contribution in [0.5, 0.6) is 0 Å². The van der Waals surface area contributed by atoms with Crippen molar-refractivity contribution in [3.8, 4) is 0 Å². The van der Waals surface area contributed by atoms with Crippen LogP contribution in [0.15, 0.2) is 54.6 Å². The fourth-order valence-corrected chi connectivity index (χ4v) is 2.98. The number of hydrogen-bond acceptors (Lipinski definition) is 2. The van der Waals surface area contributed by atoms with Crippen molar-refractivity contribution in [1.29, 1.82) is 0 Å². The van der Waals surface area contributed by atoms with E-state index in [1.54, 1.807) is 0 Å². The zero-order chi connectivity index (χ0) is 13.8. The predicted octanol–water partition coefficient (Wildman–Crippen LogP) is 3.40. The lowest BCUT2D eigenvalue weighted by molar-refractivity contribution is 0.477.